The third-order valence-electron chi connectivity index (χ3n) is 3.45. The molecule has 1 aliphatic heterocycles. The van der Waals surface area contributed by atoms with Gasteiger partial charge >= 0.3 is 0 Å². The second-order valence-corrected chi connectivity index (χ2v) is 5.12. The molecule has 1 saturated heterocycles. The van der Waals surface area contributed by atoms with Gasteiger partial charge < -0.3 is 16.4 Å². The molecule has 2 rings (SSSR count). The molecule has 0 aliphatic carbocycles. The van der Waals surface area contributed by atoms with Gasteiger partial charge in [0.1, 0.15) is 0 Å². The van der Waals surface area contributed by atoms with E-state index in [9.17, 15) is 0 Å². The van der Waals surface area contributed by atoms with E-state index in [1.54, 1.807) is 0 Å². The first-order valence-electron chi connectivity index (χ1n) is 6.18. The Bertz CT molecular complexity index is 390. The van der Waals surface area contributed by atoms with Gasteiger partial charge in [-0.1, -0.05) is 0 Å². The van der Waals surface area contributed by atoms with Crippen molar-refractivity contribution < 1.29 is 0 Å². The summed E-state index contributed by atoms with van der Waals surface area (Å²) in [6.07, 6.45) is 2.17. The monoisotopic (exact) mass is 235 g/mol. The summed E-state index contributed by atoms with van der Waals surface area (Å²) in [6, 6.07) is 2.47. The molecule has 2 heterocycles. The van der Waals surface area contributed by atoms with Crippen molar-refractivity contribution in [1.82, 2.24) is 15.1 Å². The Hall–Kier alpha value is -1.36. The molecule has 5 heteroatoms. The lowest BCUT2D eigenvalue weighted by Crippen LogP contribution is -2.28. The van der Waals surface area contributed by atoms with Crippen LogP contribution in [0.1, 0.15) is 26.0 Å². The molecule has 1 aromatic rings. The molecule has 0 radical (unpaired) electrons. The molecule has 1 unspecified atom stereocenters. The average molecular weight is 235 g/mol. The maximum atomic E-state index is 5.73. The van der Waals surface area contributed by atoms with Crippen molar-refractivity contribution in [2.45, 2.75) is 32.7 Å². The van der Waals surface area contributed by atoms with Crippen LogP contribution in [0.5, 0.6) is 0 Å². The first-order chi connectivity index (χ1) is 8.06. The van der Waals surface area contributed by atoms with Gasteiger partial charge in [0.25, 0.3) is 0 Å². The Labute approximate surface area is 102 Å². The van der Waals surface area contributed by atoms with E-state index in [2.05, 4.69) is 28.9 Å². The normalized spacial score (nSPS) is 21.2. The smallest absolute Gasteiger partial charge is 0.169 e. The van der Waals surface area contributed by atoms with E-state index in [0.29, 0.717) is 23.5 Å². The van der Waals surface area contributed by atoms with Gasteiger partial charge in [0, 0.05) is 12.6 Å². The summed E-state index contributed by atoms with van der Waals surface area (Å²) >= 11 is 0. The molecule has 0 bridgehead atoms. The third kappa shape index (κ3) is 2.85. The number of likely N-dealkylation sites (tertiary alicyclic amines) is 1. The summed E-state index contributed by atoms with van der Waals surface area (Å²) in [7, 11) is 0. The minimum Gasteiger partial charge on any atom is -0.396 e. The maximum Gasteiger partial charge on any atom is 0.169 e. The number of hydrogen-bond acceptors (Lipinski definition) is 5. The molecular weight excluding hydrogens is 214 g/mol. The third-order valence-corrected chi connectivity index (χ3v) is 3.45. The lowest BCUT2D eigenvalue weighted by Gasteiger charge is -2.20. The zero-order valence-electron chi connectivity index (χ0n) is 10.6. The Morgan fingerprint density at radius 1 is 1.41 bits per heavy atom. The van der Waals surface area contributed by atoms with Gasteiger partial charge in [-0.2, -0.15) is 5.10 Å². The molecule has 4 N–H and O–H groups in total. The quantitative estimate of drug-likeness (QED) is 0.814. The number of anilines is 2. The van der Waals surface area contributed by atoms with E-state index in [-0.39, 0.29) is 0 Å². The predicted octanol–water partition coefficient (Wildman–Crippen LogP) is 0.914. The topological polar surface area (TPSA) is 81.1 Å². The molecule has 0 aromatic carbocycles. The van der Waals surface area contributed by atoms with Crippen LogP contribution in [-0.4, -0.2) is 34.2 Å². The standard InChI is InChI=1S/C12H21N5/c1-8(2)17-4-3-9(7-17)5-10-6-11(13)12(14)16-15-10/h6,8-9H,3-5,7H2,1-2H3,(H2,13,15)(H2,14,16). The van der Waals surface area contributed by atoms with Crippen molar-refractivity contribution in [2.75, 3.05) is 24.6 Å². The summed E-state index contributed by atoms with van der Waals surface area (Å²) in [5.74, 6) is 0.985. The highest BCUT2D eigenvalue weighted by Gasteiger charge is 2.24. The van der Waals surface area contributed by atoms with E-state index < -0.39 is 0 Å². The minimum absolute atomic E-state index is 0.323. The summed E-state index contributed by atoms with van der Waals surface area (Å²) in [4.78, 5) is 2.50. The summed E-state index contributed by atoms with van der Waals surface area (Å²) in [5, 5.41) is 7.96. The van der Waals surface area contributed by atoms with Crippen LogP contribution in [-0.2, 0) is 6.42 Å². The van der Waals surface area contributed by atoms with Crippen LogP contribution < -0.4 is 11.5 Å². The molecule has 17 heavy (non-hydrogen) atoms. The van der Waals surface area contributed by atoms with E-state index in [4.69, 9.17) is 11.5 Å². The van der Waals surface area contributed by atoms with Crippen LogP contribution in [0.3, 0.4) is 0 Å². The maximum absolute atomic E-state index is 5.73. The van der Waals surface area contributed by atoms with Gasteiger partial charge in [-0.3, -0.25) is 0 Å². The molecule has 0 saturated carbocycles. The van der Waals surface area contributed by atoms with Crippen molar-refractivity contribution >= 4 is 11.5 Å². The zero-order chi connectivity index (χ0) is 12.4. The second-order valence-electron chi connectivity index (χ2n) is 5.12. The fourth-order valence-corrected chi connectivity index (χ4v) is 2.35. The first-order valence-corrected chi connectivity index (χ1v) is 6.18. The Balaban J connectivity index is 1.96. The fraction of sp³-hybridized carbons (Fsp3) is 0.667. The summed E-state index contributed by atoms with van der Waals surface area (Å²) in [5.41, 5.74) is 12.8. The van der Waals surface area contributed by atoms with Crippen molar-refractivity contribution in [2.24, 2.45) is 5.92 Å². The summed E-state index contributed by atoms with van der Waals surface area (Å²) in [6.45, 7) is 6.80. The van der Waals surface area contributed by atoms with Crippen LogP contribution in [0.4, 0.5) is 11.5 Å². The number of nitrogens with two attached hydrogens (primary N) is 2. The highest BCUT2D eigenvalue weighted by molar-refractivity contribution is 5.57. The lowest BCUT2D eigenvalue weighted by molar-refractivity contribution is 0.264. The minimum atomic E-state index is 0.323. The number of aromatic nitrogens is 2. The molecule has 94 valence electrons. The fourth-order valence-electron chi connectivity index (χ4n) is 2.35. The zero-order valence-corrected chi connectivity index (χ0v) is 10.6. The second kappa shape index (κ2) is 4.87. The molecule has 1 atom stereocenters. The Morgan fingerprint density at radius 2 is 2.18 bits per heavy atom. The molecule has 1 aromatic heterocycles. The van der Waals surface area contributed by atoms with Crippen LogP contribution in [0.25, 0.3) is 0 Å². The van der Waals surface area contributed by atoms with Gasteiger partial charge in [-0.25, -0.2) is 0 Å². The van der Waals surface area contributed by atoms with Crippen LogP contribution >= 0.6 is 0 Å². The van der Waals surface area contributed by atoms with Crippen LogP contribution in [0.2, 0.25) is 0 Å². The molecule has 1 fully saturated rings. The van der Waals surface area contributed by atoms with E-state index in [0.717, 1.165) is 18.7 Å². The number of rotatable bonds is 3. The van der Waals surface area contributed by atoms with Crippen molar-refractivity contribution in [3.63, 3.8) is 0 Å². The molecule has 1 aliphatic rings. The molecule has 0 amide bonds. The van der Waals surface area contributed by atoms with E-state index in [1.807, 2.05) is 6.07 Å². The van der Waals surface area contributed by atoms with E-state index >= 15 is 0 Å². The van der Waals surface area contributed by atoms with Crippen molar-refractivity contribution in [1.29, 1.82) is 0 Å². The predicted molar refractivity (Wildman–Crippen MR) is 69.4 cm³/mol. The van der Waals surface area contributed by atoms with Gasteiger partial charge in [0.05, 0.1) is 11.4 Å². The van der Waals surface area contributed by atoms with Gasteiger partial charge in [-0.05, 0) is 45.2 Å². The molecule has 0 spiro atoms. The van der Waals surface area contributed by atoms with Crippen LogP contribution in [0, 0.1) is 5.92 Å². The highest BCUT2D eigenvalue weighted by atomic mass is 15.2. The largest absolute Gasteiger partial charge is 0.396 e. The molecule has 5 nitrogen and oxygen atoms in total. The number of nitrogens with zero attached hydrogens (tertiary/aromatic N) is 3. The SMILES string of the molecule is CC(C)N1CCC(Cc2cc(N)c(N)nn2)C1. The molecular formula is C12H21N5. The Morgan fingerprint density at radius 3 is 2.76 bits per heavy atom. The first kappa shape index (κ1) is 12.1. The van der Waals surface area contributed by atoms with Crippen molar-refractivity contribution in [3.05, 3.63) is 11.8 Å². The summed E-state index contributed by atoms with van der Waals surface area (Å²) < 4.78 is 0. The van der Waals surface area contributed by atoms with Gasteiger partial charge in [0.2, 0.25) is 0 Å². The van der Waals surface area contributed by atoms with Gasteiger partial charge in [0.15, 0.2) is 5.82 Å². The lowest BCUT2D eigenvalue weighted by atomic mass is 10.0. The Kier molecular flexibility index (Phi) is 3.47. The van der Waals surface area contributed by atoms with Gasteiger partial charge in [-0.15, -0.1) is 5.10 Å². The number of nitrogen functional groups attached to an aromatic ring is 2. The van der Waals surface area contributed by atoms with Crippen molar-refractivity contribution in [3.8, 4) is 0 Å². The average Bonchev–Trinajstić information content (AvgIpc) is 2.72. The number of hydrogen-bond donors (Lipinski definition) is 2. The van der Waals surface area contributed by atoms with Crippen LogP contribution in [0.15, 0.2) is 6.07 Å². The highest BCUT2D eigenvalue weighted by Crippen LogP contribution is 2.22. The van der Waals surface area contributed by atoms with E-state index in [1.165, 1.54) is 13.0 Å².